The molecule has 164 valence electrons. The maximum Gasteiger partial charge on any atom is 0.229 e. The van der Waals surface area contributed by atoms with Crippen molar-refractivity contribution in [1.82, 2.24) is 19.9 Å². The Kier molecular flexibility index (Phi) is 5.67. The van der Waals surface area contributed by atoms with Gasteiger partial charge in [0.2, 0.25) is 5.95 Å². The summed E-state index contributed by atoms with van der Waals surface area (Å²) in [4.78, 5) is 18.3. The SMILES string of the molecule is Cc1nc(Nc2cccc(F)c2)nc(N[C@H]2CC[C@@H](CO)C2)c1-c1nc2cnccc2s1. The number of nitrogens with one attached hydrogen (secondary N) is 2. The smallest absolute Gasteiger partial charge is 0.229 e. The van der Waals surface area contributed by atoms with Gasteiger partial charge in [0.25, 0.3) is 0 Å². The molecule has 32 heavy (non-hydrogen) atoms. The number of aliphatic hydroxyl groups excluding tert-OH is 1. The van der Waals surface area contributed by atoms with Crippen molar-refractivity contribution in [2.45, 2.75) is 32.2 Å². The average Bonchev–Trinajstić information content (AvgIpc) is 3.40. The highest BCUT2D eigenvalue weighted by atomic mass is 32.1. The lowest BCUT2D eigenvalue weighted by Gasteiger charge is -2.18. The van der Waals surface area contributed by atoms with Gasteiger partial charge in [-0.1, -0.05) is 6.07 Å². The largest absolute Gasteiger partial charge is 0.396 e. The van der Waals surface area contributed by atoms with Crippen LogP contribution in [0.3, 0.4) is 0 Å². The van der Waals surface area contributed by atoms with E-state index in [2.05, 4.69) is 20.6 Å². The maximum atomic E-state index is 13.6. The third-order valence-electron chi connectivity index (χ3n) is 5.71. The second-order valence-electron chi connectivity index (χ2n) is 8.06. The Labute approximate surface area is 188 Å². The van der Waals surface area contributed by atoms with E-state index in [0.717, 1.165) is 45.7 Å². The minimum absolute atomic E-state index is 0.199. The molecule has 3 N–H and O–H groups in total. The lowest BCUT2D eigenvalue weighted by molar-refractivity contribution is 0.229. The van der Waals surface area contributed by atoms with Gasteiger partial charge in [-0.3, -0.25) is 4.98 Å². The van der Waals surface area contributed by atoms with E-state index in [-0.39, 0.29) is 18.5 Å². The van der Waals surface area contributed by atoms with Gasteiger partial charge in [-0.05, 0) is 56.4 Å². The maximum absolute atomic E-state index is 13.6. The van der Waals surface area contributed by atoms with Crippen LogP contribution < -0.4 is 10.6 Å². The minimum Gasteiger partial charge on any atom is -0.396 e. The molecule has 0 aliphatic heterocycles. The van der Waals surface area contributed by atoms with E-state index in [0.29, 0.717) is 23.4 Å². The van der Waals surface area contributed by atoms with Gasteiger partial charge in [-0.15, -0.1) is 11.3 Å². The predicted molar refractivity (Wildman–Crippen MR) is 125 cm³/mol. The van der Waals surface area contributed by atoms with Crippen LogP contribution in [0.15, 0.2) is 42.7 Å². The number of fused-ring (bicyclic) bond motifs is 1. The summed E-state index contributed by atoms with van der Waals surface area (Å²) in [5, 5.41) is 17.0. The Morgan fingerprint density at radius 2 is 2.09 bits per heavy atom. The number of rotatable bonds is 6. The van der Waals surface area contributed by atoms with Crippen molar-refractivity contribution in [2.24, 2.45) is 5.92 Å². The molecule has 3 aromatic heterocycles. The van der Waals surface area contributed by atoms with Crippen LogP contribution in [0.5, 0.6) is 0 Å². The molecule has 0 saturated heterocycles. The Hall–Kier alpha value is -3.17. The Morgan fingerprint density at radius 3 is 2.88 bits per heavy atom. The van der Waals surface area contributed by atoms with E-state index >= 15 is 0 Å². The van der Waals surface area contributed by atoms with E-state index in [1.807, 2.05) is 13.0 Å². The van der Waals surface area contributed by atoms with Crippen LogP contribution >= 0.6 is 11.3 Å². The van der Waals surface area contributed by atoms with E-state index < -0.39 is 0 Å². The molecule has 2 atom stereocenters. The second kappa shape index (κ2) is 8.76. The number of halogens is 1. The van der Waals surface area contributed by atoms with Crippen molar-refractivity contribution in [3.05, 3.63) is 54.2 Å². The van der Waals surface area contributed by atoms with E-state index in [9.17, 15) is 9.50 Å². The summed E-state index contributed by atoms with van der Waals surface area (Å²) >= 11 is 1.57. The summed E-state index contributed by atoms with van der Waals surface area (Å²) in [6.07, 6.45) is 6.34. The molecule has 4 aromatic rings. The Morgan fingerprint density at radius 1 is 1.19 bits per heavy atom. The molecule has 0 radical (unpaired) electrons. The molecule has 1 fully saturated rings. The number of benzene rings is 1. The fourth-order valence-corrected chi connectivity index (χ4v) is 5.17. The molecule has 0 amide bonds. The highest BCUT2D eigenvalue weighted by molar-refractivity contribution is 7.21. The molecule has 7 nitrogen and oxygen atoms in total. The van der Waals surface area contributed by atoms with Crippen LogP contribution in [0.25, 0.3) is 20.8 Å². The van der Waals surface area contributed by atoms with Crippen molar-refractivity contribution in [2.75, 3.05) is 17.2 Å². The van der Waals surface area contributed by atoms with Gasteiger partial charge < -0.3 is 15.7 Å². The highest BCUT2D eigenvalue weighted by Crippen LogP contribution is 2.38. The summed E-state index contributed by atoms with van der Waals surface area (Å²) in [6.45, 7) is 2.12. The monoisotopic (exact) mass is 450 g/mol. The number of aliphatic hydroxyl groups is 1. The van der Waals surface area contributed by atoms with Gasteiger partial charge in [0.1, 0.15) is 22.2 Å². The molecule has 0 spiro atoms. The van der Waals surface area contributed by atoms with Gasteiger partial charge in [0.15, 0.2) is 0 Å². The van der Waals surface area contributed by atoms with Crippen molar-refractivity contribution < 1.29 is 9.50 Å². The van der Waals surface area contributed by atoms with E-state index in [1.54, 1.807) is 35.9 Å². The van der Waals surface area contributed by atoms with Crippen LogP contribution in [0.4, 0.5) is 21.8 Å². The molecule has 1 aliphatic carbocycles. The zero-order valence-corrected chi connectivity index (χ0v) is 18.4. The number of thiazole rings is 1. The molecule has 3 heterocycles. The molecule has 0 bridgehead atoms. The zero-order chi connectivity index (χ0) is 22.1. The lowest BCUT2D eigenvalue weighted by Crippen LogP contribution is -2.19. The van der Waals surface area contributed by atoms with Gasteiger partial charge in [0.05, 0.1) is 22.2 Å². The molecule has 1 aromatic carbocycles. The van der Waals surface area contributed by atoms with Crippen LogP contribution in [-0.4, -0.2) is 37.7 Å². The molecular weight excluding hydrogens is 427 g/mol. The second-order valence-corrected chi connectivity index (χ2v) is 9.09. The van der Waals surface area contributed by atoms with Crippen molar-refractivity contribution >= 4 is 39.0 Å². The number of aromatic nitrogens is 4. The molecule has 5 rings (SSSR count). The zero-order valence-electron chi connectivity index (χ0n) is 17.5. The van der Waals surface area contributed by atoms with Gasteiger partial charge in [-0.2, -0.15) is 4.98 Å². The predicted octanol–water partition coefficient (Wildman–Crippen LogP) is 4.91. The first kappa shape index (κ1) is 20.7. The number of nitrogens with zero attached hydrogens (tertiary/aromatic N) is 4. The molecule has 0 unspecified atom stereocenters. The minimum atomic E-state index is -0.328. The average molecular weight is 451 g/mol. The first-order valence-corrected chi connectivity index (χ1v) is 11.4. The first-order valence-electron chi connectivity index (χ1n) is 10.6. The molecule has 9 heteroatoms. The first-order chi connectivity index (χ1) is 15.6. The molecule has 1 saturated carbocycles. The normalized spacial score (nSPS) is 18.2. The summed E-state index contributed by atoms with van der Waals surface area (Å²) < 4.78 is 14.7. The summed E-state index contributed by atoms with van der Waals surface area (Å²) in [6, 6.07) is 8.36. The van der Waals surface area contributed by atoms with Crippen LogP contribution in [-0.2, 0) is 0 Å². The third kappa shape index (κ3) is 4.26. The van der Waals surface area contributed by atoms with E-state index in [1.165, 1.54) is 12.1 Å². The van der Waals surface area contributed by atoms with Gasteiger partial charge in [-0.25, -0.2) is 14.4 Å². The van der Waals surface area contributed by atoms with Crippen molar-refractivity contribution in [3.63, 3.8) is 0 Å². The number of hydrogen-bond donors (Lipinski definition) is 3. The Balaban J connectivity index is 1.54. The fourth-order valence-electron chi connectivity index (χ4n) is 4.14. The van der Waals surface area contributed by atoms with Gasteiger partial charge in [0, 0.05) is 24.5 Å². The van der Waals surface area contributed by atoms with Gasteiger partial charge >= 0.3 is 0 Å². The molecular formula is C23H23FN6OS. The third-order valence-corrected chi connectivity index (χ3v) is 6.77. The van der Waals surface area contributed by atoms with Crippen LogP contribution in [0.2, 0.25) is 0 Å². The number of pyridine rings is 1. The highest BCUT2D eigenvalue weighted by Gasteiger charge is 2.26. The fraction of sp³-hybridized carbons (Fsp3) is 0.304. The Bertz CT molecular complexity index is 1230. The van der Waals surface area contributed by atoms with Crippen LogP contribution in [0.1, 0.15) is 25.0 Å². The van der Waals surface area contributed by atoms with E-state index in [4.69, 9.17) is 9.97 Å². The molecule has 1 aliphatic rings. The number of aryl methyl sites for hydroxylation is 1. The van der Waals surface area contributed by atoms with Crippen LogP contribution in [0, 0.1) is 18.7 Å². The lowest BCUT2D eigenvalue weighted by atomic mass is 10.1. The topological polar surface area (TPSA) is 95.9 Å². The van der Waals surface area contributed by atoms with Crippen molar-refractivity contribution in [3.8, 4) is 10.6 Å². The summed E-state index contributed by atoms with van der Waals surface area (Å²) in [5.74, 6) is 1.05. The summed E-state index contributed by atoms with van der Waals surface area (Å²) in [5.41, 5.74) is 3.03. The quantitative estimate of drug-likeness (QED) is 0.384. The number of anilines is 3. The van der Waals surface area contributed by atoms with Crippen molar-refractivity contribution in [1.29, 1.82) is 0 Å². The number of hydrogen-bond acceptors (Lipinski definition) is 8. The standard InChI is InChI=1S/C23H23FN6OS/c1-13-20(22-29-18-11-25-8-7-19(18)32-22)21(27-17-6-5-14(9-17)12-31)30-23(26-13)28-16-4-2-3-15(24)10-16/h2-4,7-8,10-11,14,17,31H,5-6,9,12H2,1H3,(H2,26,27,28,30)/t14-,17+/m1/s1. The summed E-state index contributed by atoms with van der Waals surface area (Å²) in [7, 11) is 0.